The number of amides is 1. The van der Waals surface area contributed by atoms with Gasteiger partial charge in [-0.1, -0.05) is 12.1 Å². The largest absolute Gasteiger partial charge is 0.352 e. The van der Waals surface area contributed by atoms with E-state index in [1.165, 1.54) is 4.57 Å². The summed E-state index contributed by atoms with van der Waals surface area (Å²) in [5, 5.41) is 12.0. The number of nitrogens with zero attached hydrogens (tertiary/aromatic N) is 5. The van der Waals surface area contributed by atoms with Crippen LogP contribution in [0.2, 0.25) is 0 Å². The zero-order chi connectivity index (χ0) is 17.6. The second-order valence-electron chi connectivity index (χ2n) is 6.65. The van der Waals surface area contributed by atoms with Crippen LogP contribution in [0, 0.1) is 0 Å². The van der Waals surface area contributed by atoms with Gasteiger partial charge in [-0.15, -0.1) is 10.2 Å². The molecule has 1 amide bonds. The van der Waals surface area contributed by atoms with Crippen LogP contribution in [0.15, 0.2) is 29.1 Å². The van der Waals surface area contributed by atoms with Crippen LogP contribution in [0.4, 0.5) is 0 Å². The number of aryl methyl sites for hydroxylation is 1. The predicted molar refractivity (Wildman–Crippen MR) is 93.2 cm³/mol. The highest BCUT2D eigenvalue weighted by Crippen LogP contribution is 2.18. The third-order valence-electron chi connectivity index (χ3n) is 4.46. The summed E-state index contributed by atoms with van der Waals surface area (Å²) in [4.78, 5) is 26.3. The minimum absolute atomic E-state index is 0.0241. The lowest BCUT2D eigenvalue weighted by atomic mass is 10.2. The Labute approximate surface area is 144 Å². The number of aromatic nitrogens is 4. The first-order chi connectivity index (χ1) is 12.0. The molecule has 3 aromatic rings. The maximum Gasteiger partial charge on any atom is 0.262 e. The molecular weight excluding hydrogens is 320 g/mol. The molecule has 8 heteroatoms. The van der Waals surface area contributed by atoms with Crippen LogP contribution in [-0.2, 0) is 18.4 Å². The van der Waals surface area contributed by atoms with Gasteiger partial charge in [-0.25, -0.2) is 0 Å². The molecule has 0 saturated heterocycles. The Balaban J connectivity index is 1.68. The second kappa shape index (κ2) is 5.96. The van der Waals surface area contributed by atoms with E-state index in [1.54, 1.807) is 13.1 Å². The maximum atomic E-state index is 12.4. The lowest BCUT2D eigenvalue weighted by molar-refractivity contribution is -0.122. The molecule has 4 rings (SSSR count). The lowest BCUT2D eigenvalue weighted by Gasteiger charge is -2.15. The Morgan fingerprint density at radius 1 is 1.32 bits per heavy atom. The van der Waals surface area contributed by atoms with Crippen LogP contribution in [-0.4, -0.2) is 49.6 Å². The van der Waals surface area contributed by atoms with Gasteiger partial charge in [0.1, 0.15) is 0 Å². The molecule has 0 radical (unpaired) electrons. The van der Waals surface area contributed by atoms with Gasteiger partial charge in [-0.05, 0) is 32.0 Å². The molecule has 1 saturated carbocycles. The molecule has 2 heterocycles. The van der Waals surface area contributed by atoms with Crippen molar-refractivity contribution >= 4 is 22.6 Å². The Bertz CT molecular complexity index is 1020. The van der Waals surface area contributed by atoms with Crippen molar-refractivity contribution < 1.29 is 4.79 Å². The number of nitrogens with one attached hydrogen (secondary N) is 1. The first-order valence-electron chi connectivity index (χ1n) is 8.34. The number of fused-ring (bicyclic) bond motifs is 3. The van der Waals surface area contributed by atoms with Gasteiger partial charge in [-0.3, -0.25) is 23.5 Å². The zero-order valence-corrected chi connectivity index (χ0v) is 14.3. The monoisotopic (exact) mass is 340 g/mol. The molecule has 0 aliphatic heterocycles. The van der Waals surface area contributed by atoms with Crippen molar-refractivity contribution in [2.75, 3.05) is 13.6 Å². The molecule has 1 aliphatic rings. The Hall–Kier alpha value is -2.74. The number of para-hydroxylation sites is 1. The molecular formula is C17H20N6O2. The van der Waals surface area contributed by atoms with Crippen molar-refractivity contribution in [2.45, 2.75) is 25.4 Å². The SMILES string of the molecule is CN(CC(=O)NC1CC1)Cc1nnc2n(C)c(=O)c3ccccc3n12. The summed E-state index contributed by atoms with van der Waals surface area (Å²) in [5.74, 6) is 1.22. The maximum absolute atomic E-state index is 12.4. The molecule has 130 valence electrons. The Morgan fingerprint density at radius 3 is 2.84 bits per heavy atom. The van der Waals surface area contributed by atoms with E-state index < -0.39 is 0 Å². The smallest absolute Gasteiger partial charge is 0.262 e. The second-order valence-corrected chi connectivity index (χ2v) is 6.65. The van der Waals surface area contributed by atoms with E-state index in [0.717, 1.165) is 18.4 Å². The fourth-order valence-electron chi connectivity index (χ4n) is 3.04. The average Bonchev–Trinajstić information content (AvgIpc) is 3.30. The number of hydrogen-bond donors (Lipinski definition) is 1. The fourth-order valence-corrected chi connectivity index (χ4v) is 3.04. The third-order valence-corrected chi connectivity index (χ3v) is 4.46. The summed E-state index contributed by atoms with van der Waals surface area (Å²) >= 11 is 0. The van der Waals surface area contributed by atoms with E-state index >= 15 is 0 Å². The highest BCUT2D eigenvalue weighted by molar-refractivity contribution is 5.80. The molecule has 1 aliphatic carbocycles. The van der Waals surface area contributed by atoms with Crippen molar-refractivity contribution in [3.05, 3.63) is 40.4 Å². The highest BCUT2D eigenvalue weighted by Gasteiger charge is 2.24. The van der Waals surface area contributed by atoms with Crippen molar-refractivity contribution in [3.63, 3.8) is 0 Å². The van der Waals surface area contributed by atoms with Gasteiger partial charge in [0.05, 0.1) is 24.0 Å². The van der Waals surface area contributed by atoms with Gasteiger partial charge in [0.2, 0.25) is 11.7 Å². The van der Waals surface area contributed by atoms with E-state index in [-0.39, 0.29) is 11.5 Å². The number of benzene rings is 1. The molecule has 1 N–H and O–H groups in total. The van der Waals surface area contributed by atoms with Gasteiger partial charge in [-0.2, -0.15) is 0 Å². The van der Waals surface area contributed by atoms with Gasteiger partial charge >= 0.3 is 0 Å². The van der Waals surface area contributed by atoms with E-state index in [4.69, 9.17) is 0 Å². The zero-order valence-electron chi connectivity index (χ0n) is 14.3. The van der Waals surface area contributed by atoms with Gasteiger partial charge in [0.25, 0.3) is 5.56 Å². The van der Waals surface area contributed by atoms with E-state index in [2.05, 4.69) is 15.5 Å². The van der Waals surface area contributed by atoms with Crippen LogP contribution in [0.1, 0.15) is 18.7 Å². The first-order valence-corrected chi connectivity index (χ1v) is 8.34. The standard InChI is InChI=1S/C17H20N6O2/c1-21(10-15(24)18-11-7-8-11)9-14-19-20-17-22(2)16(25)12-5-3-4-6-13(12)23(14)17/h3-6,11H,7-10H2,1-2H3,(H,18,24). The number of likely N-dealkylation sites (N-methyl/N-ethyl adjacent to an activating group) is 1. The molecule has 1 aromatic carbocycles. The summed E-state index contributed by atoms with van der Waals surface area (Å²) in [5.41, 5.74) is 0.677. The predicted octanol–water partition coefficient (Wildman–Crippen LogP) is 0.292. The average molecular weight is 340 g/mol. The van der Waals surface area contributed by atoms with E-state index in [0.29, 0.717) is 36.1 Å². The number of hydrogen-bond acceptors (Lipinski definition) is 5. The van der Waals surface area contributed by atoms with Gasteiger partial charge in [0.15, 0.2) is 5.82 Å². The van der Waals surface area contributed by atoms with Crippen molar-refractivity contribution in [2.24, 2.45) is 7.05 Å². The summed E-state index contributed by atoms with van der Waals surface area (Å²) in [6.45, 7) is 0.760. The van der Waals surface area contributed by atoms with Gasteiger partial charge in [0, 0.05) is 13.1 Å². The minimum Gasteiger partial charge on any atom is -0.352 e. The quantitative estimate of drug-likeness (QED) is 0.722. The summed E-state index contributed by atoms with van der Waals surface area (Å²) in [6.07, 6.45) is 2.15. The summed E-state index contributed by atoms with van der Waals surface area (Å²) in [6, 6.07) is 7.77. The molecule has 0 spiro atoms. The number of rotatable bonds is 5. The molecule has 25 heavy (non-hydrogen) atoms. The molecule has 0 bridgehead atoms. The molecule has 2 aromatic heterocycles. The minimum atomic E-state index is -0.0979. The van der Waals surface area contributed by atoms with Crippen LogP contribution < -0.4 is 10.9 Å². The van der Waals surface area contributed by atoms with E-state index in [9.17, 15) is 9.59 Å². The molecule has 8 nitrogen and oxygen atoms in total. The molecule has 0 atom stereocenters. The fraction of sp³-hybridized carbons (Fsp3) is 0.412. The summed E-state index contributed by atoms with van der Waals surface area (Å²) in [7, 11) is 3.56. The summed E-state index contributed by atoms with van der Waals surface area (Å²) < 4.78 is 3.38. The first kappa shape index (κ1) is 15.8. The number of carbonyl (C=O) groups excluding carboxylic acids is 1. The highest BCUT2D eigenvalue weighted by atomic mass is 16.2. The number of carbonyl (C=O) groups is 1. The van der Waals surface area contributed by atoms with Crippen LogP contribution in [0.5, 0.6) is 0 Å². The van der Waals surface area contributed by atoms with E-state index in [1.807, 2.05) is 34.5 Å². The topological polar surface area (TPSA) is 84.5 Å². The Morgan fingerprint density at radius 2 is 2.08 bits per heavy atom. The van der Waals surface area contributed by atoms with Crippen LogP contribution in [0.25, 0.3) is 16.7 Å². The van der Waals surface area contributed by atoms with Gasteiger partial charge < -0.3 is 5.32 Å². The third kappa shape index (κ3) is 2.89. The molecule has 0 unspecified atom stereocenters. The molecule has 1 fully saturated rings. The van der Waals surface area contributed by atoms with Crippen LogP contribution >= 0.6 is 0 Å². The lowest BCUT2D eigenvalue weighted by Crippen LogP contribution is -2.36. The Kier molecular flexibility index (Phi) is 3.76. The van der Waals surface area contributed by atoms with Crippen molar-refractivity contribution in [1.82, 2.24) is 29.4 Å². The normalized spacial score (nSPS) is 14.5. The van der Waals surface area contributed by atoms with Crippen molar-refractivity contribution in [3.8, 4) is 0 Å². The van der Waals surface area contributed by atoms with Crippen LogP contribution in [0.3, 0.4) is 0 Å². The van der Waals surface area contributed by atoms with Crippen molar-refractivity contribution in [1.29, 1.82) is 0 Å².